The van der Waals surface area contributed by atoms with Crippen LogP contribution < -0.4 is 10.1 Å². The molecule has 6 nitrogen and oxygen atoms in total. The molecule has 132 valence electrons. The lowest BCUT2D eigenvalue weighted by atomic mass is 9.85. The molecule has 1 aromatic heterocycles. The maximum atomic E-state index is 12.4. The smallest absolute Gasteiger partial charge is 0.226 e. The molecule has 6 heteroatoms. The molecule has 1 aliphatic rings. The normalized spacial score (nSPS) is 16.1. The number of methoxy groups -OCH3 is 1. The van der Waals surface area contributed by atoms with E-state index < -0.39 is 0 Å². The molecular weight excluding hydrogens is 330 g/mol. The fraction of sp³-hybridized carbons (Fsp3) is 0.200. The van der Waals surface area contributed by atoms with Gasteiger partial charge in [0.25, 0.3) is 0 Å². The number of para-hydroxylation sites is 1. The summed E-state index contributed by atoms with van der Waals surface area (Å²) in [5, 5.41) is 17.5. The minimum Gasteiger partial charge on any atom is -0.504 e. The molecule has 0 unspecified atom stereocenters. The summed E-state index contributed by atoms with van der Waals surface area (Å²) < 4.78 is 6.99. The van der Waals surface area contributed by atoms with Gasteiger partial charge in [-0.1, -0.05) is 24.3 Å². The van der Waals surface area contributed by atoms with Crippen LogP contribution in [0.5, 0.6) is 11.5 Å². The molecule has 2 N–H and O–H groups in total. The molecule has 26 heavy (non-hydrogen) atoms. The fourth-order valence-electron chi connectivity index (χ4n) is 3.50. The van der Waals surface area contributed by atoms with Crippen LogP contribution in [0.1, 0.15) is 29.2 Å². The summed E-state index contributed by atoms with van der Waals surface area (Å²) in [6.45, 7) is 1.94. The predicted molar refractivity (Wildman–Crippen MR) is 98.0 cm³/mol. The van der Waals surface area contributed by atoms with Crippen LogP contribution in [0.2, 0.25) is 0 Å². The van der Waals surface area contributed by atoms with Crippen molar-refractivity contribution in [2.75, 3.05) is 12.4 Å². The lowest BCUT2D eigenvalue weighted by Gasteiger charge is -2.24. The zero-order chi connectivity index (χ0) is 18.3. The minimum atomic E-state index is -0.147. The van der Waals surface area contributed by atoms with E-state index in [9.17, 15) is 9.90 Å². The van der Waals surface area contributed by atoms with Gasteiger partial charge in [0.15, 0.2) is 11.5 Å². The number of nitrogens with one attached hydrogen (secondary N) is 1. The maximum absolute atomic E-state index is 12.4. The molecule has 2 heterocycles. The highest BCUT2D eigenvalue weighted by Gasteiger charge is 2.33. The lowest BCUT2D eigenvalue weighted by molar-refractivity contribution is -0.116. The quantitative estimate of drug-likeness (QED) is 0.760. The van der Waals surface area contributed by atoms with Crippen molar-refractivity contribution in [3.8, 4) is 17.2 Å². The summed E-state index contributed by atoms with van der Waals surface area (Å²) in [6, 6.07) is 14.9. The van der Waals surface area contributed by atoms with E-state index >= 15 is 0 Å². The maximum Gasteiger partial charge on any atom is 0.226 e. The number of benzene rings is 2. The van der Waals surface area contributed by atoms with Crippen molar-refractivity contribution < 1.29 is 14.6 Å². The molecule has 0 radical (unpaired) electrons. The Morgan fingerprint density at radius 3 is 2.73 bits per heavy atom. The van der Waals surface area contributed by atoms with Crippen LogP contribution in [0.25, 0.3) is 5.69 Å². The van der Waals surface area contributed by atoms with Crippen LogP contribution in [-0.4, -0.2) is 27.9 Å². The topological polar surface area (TPSA) is 76.4 Å². The summed E-state index contributed by atoms with van der Waals surface area (Å²) in [4.78, 5) is 12.4. The Kier molecular flexibility index (Phi) is 3.88. The van der Waals surface area contributed by atoms with E-state index in [2.05, 4.69) is 10.4 Å². The number of phenols is 1. The van der Waals surface area contributed by atoms with E-state index in [0.29, 0.717) is 18.0 Å². The number of amides is 1. The number of rotatable bonds is 3. The molecule has 1 aliphatic heterocycles. The summed E-state index contributed by atoms with van der Waals surface area (Å²) in [5.74, 6) is 0.955. The first-order valence-corrected chi connectivity index (χ1v) is 8.40. The second kappa shape index (κ2) is 6.22. The number of nitrogens with zero attached hydrogens (tertiary/aromatic N) is 2. The second-order valence-electron chi connectivity index (χ2n) is 6.33. The number of aromatic nitrogens is 2. The van der Waals surface area contributed by atoms with Gasteiger partial charge in [-0.3, -0.25) is 4.79 Å². The summed E-state index contributed by atoms with van der Waals surface area (Å²) in [7, 11) is 1.51. The SMILES string of the molecule is COc1cc([C@@H]2CC(=O)Nc3c2c(C)nn3-c2ccccc2)ccc1O. The molecule has 1 amide bonds. The van der Waals surface area contributed by atoms with E-state index in [4.69, 9.17) is 4.74 Å². The molecule has 0 fully saturated rings. The average molecular weight is 349 g/mol. The van der Waals surface area contributed by atoms with Crippen molar-refractivity contribution in [1.82, 2.24) is 9.78 Å². The summed E-state index contributed by atoms with van der Waals surface area (Å²) in [6.07, 6.45) is 0.322. The van der Waals surface area contributed by atoms with Gasteiger partial charge in [0.05, 0.1) is 18.5 Å². The number of carbonyl (C=O) groups excluding carboxylic acids is 1. The molecule has 0 spiro atoms. The number of hydrogen-bond acceptors (Lipinski definition) is 4. The molecule has 0 saturated heterocycles. The Bertz CT molecular complexity index is 979. The van der Waals surface area contributed by atoms with E-state index in [1.807, 2.05) is 43.3 Å². The van der Waals surface area contributed by atoms with Crippen molar-refractivity contribution in [3.05, 3.63) is 65.4 Å². The number of ether oxygens (including phenoxy) is 1. The molecule has 4 rings (SSSR count). The van der Waals surface area contributed by atoms with Gasteiger partial charge in [-0.05, 0) is 36.8 Å². The van der Waals surface area contributed by atoms with Crippen LogP contribution in [0.3, 0.4) is 0 Å². The van der Waals surface area contributed by atoms with Gasteiger partial charge in [-0.2, -0.15) is 5.10 Å². The first-order chi connectivity index (χ1) is 12.6. The molecule has 1 atom stereocenters. The highest BCUT2D eigenvalue weighted by Crippen LogP contribution is 2.42. The number of anilines is 1. The molecule has 0 aliphatic carbocycles. The van der Waals surface area contributed by atoms with Gasteiger partial charge in [0.2, 0.25) is 5.91 Å². The zero-order valence-corrected chi connectivity index (χ0v) is 14.6. The average Bonchev–Trinajstić information content (AvgIpc) is 2.98. The van der Waals surface area contributed by atoms with Gasteiger partial charge in [-0.25, -0.2) is 4.68 Å². The molecule has 0 saturated carbocycles. The Hall–Kier alpha value is -3.28. The van der Waals surface area contributed by atoms with Gasteiger partial charge < -0.3 is 15.2 Å². The lowest BCUT2D eigenvalue weighted by Crippen LogP contribution is -2.25. The molecule has 0 bridgehead atoms. The van der Waals surface area contributed by atoms with Gasteiger partial charge >= 0.3 is 0 Å². The number of aryl methyl sites for hydroxylation is 1. The number of aromatic hydroxyl groups is 1. The monoisotopic (exact) mass is 349 g/mol. The highest BCUT2D eigenvalue weighted by molar-refractivity contribution is 5.95. The Labute approximate surface area is 151 Å². The van der Waals surface area contributed by atoms with Crippen molar-refractivity contribution in [2.24, 2.45) is 0 Å². The van der Waals surface area contributed by atoms with E-state index in [0.717, 1.165) is 22.5 Å². The zero-order valence-electron chi connectivity index (χ0n) is 14.6. The van der Waals surface area contributed by atoms with Crippen LogP contribution >= 0.6 is 0 Å². The Balaban J connectivity index is 1.87. The minimum absolute atomic E-state index is 0.0633. The first-order valence-electron chi connectivity index (χ1n) is 8.40. The van der Waals surface area contributed by atoms with Crippen LogP contribution in [0.4, 0.5) is 5.82 Å². The largest absolute Gasteiger partial charge is 0.504 e. The first kappa shape index (κ1) is 16.2. The predicted octanol–water partition coefficient (Wildman–Crippen LogP) is 3.37. The Morgan fingerprint density at radius 1 is 1.23 bits per heavy atom. The Morgan fingerprint density at radius 2 is 2.00 bits per heavy atom. The highest BCUT2D eigenvalue weighted by atomic mass is 16.5. The van der Waals surface area contributed by atoms with Gasteiger partial charge in [0, 0.05) is 17.9 Å². The van der Waals surface area contributed by atoms with Gasteiger partial charge in [0.1, 0.15) is 5.82 Å². The van der Waals surface area contributed by atoms with E-state index in [1.165, 1.54) is 7.11 Å². The van der Waals surface area contributed by atoms with Gasteiger partial charge in [-0.15, -0.1) is 0 Å². The third kappa shape index (κ3) is 2.60. The number of carbonyl (C=O) groups is 1. The fourth-order valence-corrected chi connectivity index (χ4v) is 3.50. The molecule has 3 aromatic rings. The van der Waals surface area contributed by atoms with Crippen molar-refractivity contribution in [1.29, 1.82) is 0 Å². The van der Waals surface area contributed by atoms with E-state index in [1.54, 1.807) is 16.8 Å². The second-order valence-corrected chi connectivity index (χ2v) is 6.33. The molecular formula is C20H19N3O3. The third-order valence-electron chi connectivity index (χ3n) is 4.71. The van der Waals surface area contributed by atoms with Crippen LogP contribution in [0.15, 0.2) is 48.5 Å². The summed E-state index contributed by atoms with van der Waals surface area (Å²) in [5.41, 5.74) is 3.65. The molecule has 2 aromatic carbocycles. The van der Waals surface area contributed by atoms with Crippen LogP contribution in [0, 0.1) is 6.92 Å². The number of fused-ring (bicyclic) bond motifs is 1. The van der Waals surface area contributed by atoms with Crippen molar-refractivity contribution >= 4 is 11.7 Å². The number of phenolic OH excluding ortho intramolecular Hbond substituents is 1. The number of hydrogen-bond donors (Lipinski definition) is 2. The third-order valence-corrected chi connectivity index (χ3v) is 4.71. The standard InChI is InChI=1S/C20H19N3O3/c1-12-19-15(13-8-9-16(24)17(10-13)26-2)11-18(25)21-20(19)23(22-12)14-6-4-3-5-7-14/h3-10,15,24H,11H2,1-2H3,(H,21,25)/t15-/m0/s1. The van der Waals surface area contributed by atoms with Crippen LogP contribution in [-0.2, 0) is 4.79 Å². The van der Waals surface area contributed by atoms with E-state index in [-0.39, 0.29) is 17.6 Å². The van der Waals surface area contributed by atoms with Crippen molar-refractivity contribution in [3.63, 3.8) is 0 Å². The van der Waals surface area contributed by atoms with Crippen molar-refractivity contribution in [2.45, 2.75) is 19.3 Å². The summed E-state index contributed by atoms with van der Waals surface area (Å²) >= 11 is 0.